The van der Waals surface area contributed by atoms with Crippen LogP contribution in [0.15, 0.2) is 41.3 Å². The molecule has 0 aliphatic carbocycles. The zero-order valence-corrected chi connectivity index (χ0v) is 12.0. The van der Waals surface area contributed by atoms with Crippen molar-refractivity contribution in [2.45, 2.75) is 4.90 Å². The molecule has 106 valence electrons. The lowest BCUT2D eigenvalue weighted by Gasteiger charge is -2.10. The van der Waals surface area contributed by atoms with Gasteiger partial charge in [0.1, 0.15) is 16.5 Å². The molecule has 0 spiro atoms. The van der Waals surface area contributed by atoms with Crippen LogP contribution in [0.3, 0.4) is 0 Å². The van der Waals surface area contributed by atoms with Gasteiger partial charge in [0.25, 0.3) is 10.0 Å². The molecule has 3 nitrogen and oxygen atoms in total. The Bertz CT molecular complexity index is 766. The number of halogens is 4. The van der Waals surface area contributed by atoms with Crippen molar-refractivity contribution in [2.75, 3.05) is 4.72 Å². The van der Waals surface area contributed by atoms with Crippen LogP contribution < -0.4 is 4.72 Å². The highest BCUT2D eigenvalue weighted by Crippen LogP contribution is 2.28. The second kappa shape index (κ2) is 5.55. The molecule has 0 aliphatic rings. The minimum atomic E-state index is -4.29. The zero-order chi connectivity index (χ0) is 14.9. The third kappa shape index (κ3) is 3.20. The van der Waals surface area contributed by atoms with E-state index >= 15 is 0 Å². The first kappa shape index (κ1) is 15.0. The zero-order valence-electron chi connectivity index (χ0n) is 9.70. The third-order valence-electron chi connectivity index (χ3n) is 2.36. The first-order chi connectivity index (χ1) is 9.29. The number of benzene rings is 2. The number of sulfonamides is 1. The monoisotopic (exact) mass is 337 g/mol. The van der Waals surface area contributed by atoms with Gasteiger partial charge in [-0.05, 0) is 36.4 Å². The summed E-state index contributed by atoms with van der Waals surface area (Å²) in [6, 6.07) is 6.19. The standard InChI is InChI=1S/C12H7Cl2F2NO2S/c13-7-1-4-11(9(14)5-7)17-20(18,19)12-6-8(15)2-3-10(12)16/h1-6,17H. The summed E-state index contributed by atoms with van der Waals surface area (Å²) >= 11 is 11.5. The van der Waals surface area contributed by atoms with Crippen LogP contribution in [-0.4, -0.2) is 8.42 Å². The van der Waals surface area contributed by atoms with E-state index in [1.54, 1.807) is 0 Å². The summed E-state index contributed by atoms with van der Waals surface area (Å²) in [5.74, 6) is -1.93. The van der Waals surface area contributed by atoms with Gasteiger partial charge in [-0.1, -0.05) is 23.2 Å². The molecule has 0 atom stereocenters. The highest BCUT2D eigenvalue weighted by molar-refractivity contribution is 7.92. The van der Waals surface area contributed by atoms with Gasteiger partial charge in [-0.15, -0.1) is 0 Å². The molecule has 0 heterocycles. The van der Waals surface area contributed by atoms with Crippen LogP contribution in [0.5, 0.6) is 0 Å². The minimum absolute atomic E-state index is 0.0136. The molecule has 8 heteroatoms. The van der Waals surface area contributed by atoms with Crippen molar-refractivity contribution in [3.63, 3.8) is 0 Å². The second-order valence-electron chi connectivity index (χ2n) is 3.80. The maximum atomic E-state index is 13.5. The van der Waals surface area contributed by atoms with Crippen molar-refractivity contribution in [3.05, 3.63) is 58.1 Å². The number of anilines is 1. The Balaban J connectivity index is 2.43. The van der Waals surface area contributed by atoms with Crippen molar-refractivity contribution >= 4 is 38.9 Å². The van der Waals surface area contributed by atoms with Crippen LogP contribution in [0.25, 0.3) is 0 Å². The van der Waals surface area contributed by atoms with Gasteiger partial charge in [-0.2, -0.15) is 0 Å². The highest BCUT2D eigenvalue weighted by Gasteiger charge is 2.21. The predicted molar refractivity (Wildman–Crippen MR) is 73.6 cm³/mol. The predicted octanol–water partition coefficient (Wildman–Crippen LogP) is 4.07. The van der Waals surface area contributed by atoms with Crippen LogP contribution in [-0.2, 0) is 10.0 Å². The van der Waals surface area contributed by atoms with E-state index < -0.39 is 26.6 Å². The number of hydrogen-bond acceptors (Lipinski definition) is 2. The SMILES string of the molecule is O=S(=O)(Nc1ccc(Cl)cc1Cl)c1cc(F)ccc1F. The lowest BCUT2D eigenvalue weighted by Crippen LogP contribution is -2.15. The smallest absolute Gasteiger partial charge is 0.264 e. The van der Waals surface area contributed by atoms with E-state index in [4.69, 9.17) is 23.2 Å². The van der Waals surface area contributed by atoms with E-state index in [-0.39, 0.29) is 10.7 Å². The van der Waals surface area contributed by atoms with E-state index in [1.807, 2.05) is 0 Å². The molecule has 2 rings (SSSR count). The van der Waals surface area contributed by atoms with E-state index in [1.165, 1.54) is 18.2 Å². The van der Waals surface area contributed by atoms with E-state index in [9.17, 15) is 17.2 Å². The van der Waals surface area contributed by atoms with Crippen molar-refractivity contribution < 1.29 is 17.2 Å². The van der Waals surface area contributed by atoms with Crippen LogP contribution in [0.4, 0.5) is 14.5 Å². The van der Waals surface area contributed by atoms with E-state index in [0.717, 1.165) is 12.1 Å². The Morgan fingerprint density at radius 3 is 2.35 bits per heavy atom. The average Bonchev–Trinajstić information content (AvgIpc) is 2.35. The number of nitrogens with one attached hydrogen (secondary N) is 1. The number of rotatable bonds is 3. The molecular weight excluding hydrogens is 331 g/mol. The topological polar surface area (TPSA) is 46.2 Å². The van der Waals surface area contributed by atoms with Gasteiger partial charge < -0.3 is 0 Å². The summed E-state index contributed by atoms with van der Waals surface area (Å²) in [6.07, 6.45) is 0. The van der Waals surface area contributed by atoms with Gasteiger partial charge in [-0.25, -0.2) is 17.2 Å². The normalized spacial score (nSPS) is 11.4. The fourth-order valence-electron chi connectivity index (χ4n) is 1.46. The van der Waals surface area contributed by atoms with Crippen LogP contribution in [0.2, 0.25) is 10.0 Å². The molecule has 0 amide bonds. The Morgan fingerprint density at radius 1 is 1.00 bits per heavy atom. The van der Waals surface area contributed by atoms with Gasteiger partial charge >= 0.3 is 0 Å². The summed E-state index contributed by atoms with van der Waals surface area (Å²) in [4.78, 5) is -0.802. The number of hydrogen-bond donors (Lipinski definition) is 1. The molecular formula is C12H7Cl2F2NO2S. The lowest BCUT2D eigenvalue weighted by atomic mass is 10.3. The average molecular weight is 338 g/mol. The summed E-state index contributed by atoms with van der Waals surface area (Å²) < 4.78 is 52.6. The largest absolute Gasteiger partial charge is 0.278 e. The van der Waals surface area contributed by atoms with Crippen molar-refractivity contribution in [1.29, 1.82) is 0 Å². The Hall–Kier alpha value is -1.37. The molecule has 1 N–H and O–H groups in total. The van der Waals surface area contributed by atoms with Gasteiger partial charge in [-0.3, -0.25) is 4.72 Å². The van der Waals surface area contributed by atoms with E-state index in [0.29, 0.717) is 11.1 Å². The fourth-order valence-corrected chi connectivity index (χ4v) is 3.14. The Labute approximate surface area is 124 Å². The molecule has 2 aromatic rings. The Morgan fingerprint density at radius 2 is 1.70 bits per heavy atom. The summed E-state index contributed by atoms with van der Waals surface area (Å²) in [5, 5.41) is 0.354. The van der Waals surface area contributed by atoms with Crippen molar-refractivity contribution in [3.8, 4) is 0 Å². The maximum Gasteiger partial charge on any atom is 0.264 e. The van der Waals surface area contributed by atoms with Crippen molar-refractivity contribution in [2.24, 2.45) is 0 Å². The molecule has 0 fully saturated rings. The molecule has 2 aromatic carbocycles. The van der Waals surface area contributed by atoms with Crippen LogP contribution in [0, 0.1) is 11.6 Å². The van der Waals surface area contributed by atoms with Gasteiger partial charge in [0.05, 0.1) is 10.7 Å². The quantitative estimate of drug-likeness (QED) is 0.917. The third-order valence-corrected chi connectivity index (χ3v) is 4.29. The Kier molecular flexibility index (Phi) is 4.17. The molecule has 0 saturated heterocycles. The highest BCUT2D eigenvalue weighted by atomic mass is 35.5. The molecule has 20 heavy (non-hydrogen) atoms. The first-order valence-electron chi connectivity index (χ1n) is 5.22. The van der Waals surface area contributed by atoms with Crippen LogP contribution in [0.1, 0.15) is 0 Å². The van der Waals surface area contributed by atoms with Gasteiger partial charge in [0, 0.05) is 5.02 Å². The molecule has 0 bridgehead atoms. The first-order valence-corrected chi connectivity index (χ1v) is 7.46. The molecule has 0 aliphatic heterocycles. The molecule has 0 unspecified atom stereocenters. The fraction of sp³-hybridized carbons (Fsp3) is 0. The second-order valence-corrected chi connectivity index (χ2v) is 6.30. The molecule has 0 saturated carbocycles. The lowest BCUT2D eigenvalue weighted by molar-refractivity contribution is 0.555. The van der Waals surface area contributed by atoms with E-state index in [2.05, 4.69) is 4.72 Å². The summed E-state index contributed by atoms with van der Waals surface area (Å²) in [6.45, 7) is 0. The molecule has 0 aromatic heterocycles. The summed E-state index contributed by atoms with van der Waals surface area (Å²) in [7, 11) is -4.29. The molecule has 0 radical (unpaired) electrons. The maximum absolute atomic E-state index is 13.5. The summed E-state index contributed by atoms with van der Waals surface area (Å²) in [5.41, 5.74) is 0.0136. The van der Waals surface area contributed by atoms with Gasteiger partial charge in [0.15, 0.2) is 0 Å². The van der Waals surface area contributed by atoms with Crippen molar-refractivity contribution in [1.82, 2.24) is 0 Å². The minimum Gasteiger partial charge on any atom is -0.278 e. The van der Waals surface area contributed by atoms with Gasteiger partial charge in [0.2, 0.25) is 0 Å². The van der Waals surface area contributed by atoms with Crippen LogP contribution >= 0.6 is 23.2 Å².